The molecule has 0 fully saturated rings. The van der Waals surface area contributed by atoms with Crippen LogP contribution in [0.1, 0.15) is 24.5 Å². The first kappa shape index (κ1) is 10.5. The second kappa shape index (κ2) is 4.67. The van der Waals surface area contributed by atoms with E-state index in [4.69, 9.17) is 0 Å². The largest absolute Gasteiger partial charge is 0.374 e. The van der Waals surface area contributed by atoms with Crippen molar-refractivity contribution < 1.29 is 0 Å². The summed E-state index contributed by atoms with van der Waals surface area (Å²) in [5.74, 6) is 0. The Kier molecular flexibility index (Phi) is 3.27. The first-order valence-corrected chi connectivity index (χ1v) is 5.85. The molecule has 1 N–H and O–H groups in total. The summed E-state index contributed by atoms with van der Waals surface area (Å²) in [4.78, 5) is 2.36. The van der Waals surface area contributed by atoms with E-state index in [0.717, 1.165) is 13.1 Å². The zero-order valence-electron chi connectivity index (χ0n) is 9.71. The van der Waals surface area contributed by atoms with Crippen molar-refractivity contribution in [3.63, 3.8) is 0 Å². The van der Waals surface area contributed by atoms with Gasteiger partial charge < -0.3 is 10.2 Å². The molecule has 0 bridgehead atoms. The third kappa shape index (κ3) is 2.32. The van der Waals surface area contributed by atoms with E-state index < -0.39 is 0 Å². The third-order valence-corrected chi connectivity index (χ3v) is 3.07. The van der Waals surface area contributed by atoms with Gasteiger partial charge in [-0.2, -0.15) is 0 Å². The van der Waals surface area contributed by atoms with Gasteiger partial charge in [-0.3, -0.25) is 0 Å². The molecule has 0 aromatic heterocycles. The molecule has 0 atom stereocenters. The summed E-state index contributed by atoms with van der Waals surface area (Å²) in [6.07, 6.45) is 2.52. The van der Waals surface area contributed by atoms with E-state index in [1.54, 1.807) is 0 Å². The van der Waals surface area contributed by atoms with Gasteiger partial charge in [0.25, 0.3) is 0 Å². The summed E-state index contributed by atoms with van der Waals surface area (Å²) >= 11 is 0. The zero-order chi connectivity index (χ0) is 10.7. The van der Waals surface area contributed by atoms with Crippen molar-refractivity contribution in [1.82, 2.24) is 5.32 Å². The SMILES string of the molecule is CCNCc1ccc2c(c1)CCCN2C. The Morgan fingerprint density at radius 3 is 3.07 bits per heavy atom. The molecule has 1 aliphatic heterocycles. The molecule has 0 saturated carbocycles. The van der Waals surface area contributed by atoms with Crippen molar-refractivity contribution in [2.24, 2.45) is 0 Å². The van der Waals surface area contributed by atoms with E-state index in [1.807, 2.05) is 0 Å². The summed E-state index contributed by atoms with van der Waals surface area (Å²) in [5, 5.41) is 3.37. The summed E-state index contributed by atoms with van der Waals surface area (Å²) in [7, 11) is 2.18. The summed E-state index contributed by atoms with van der Waals surface area (Å²) in [6, 6.07) is 6.86. The highest BCUT2D eigenvalue weighted by molar-refractivity contribution is 5.56. The summed E-state index contributed by atoms with van der Waals surface area (Å²) < 4.78 is 0. The van der Waals surface area contributed by atoms with Crippen molar-refractivity contribution in [2.45, 2.75) is 26.3 Å². The van der Waals surface area contributed by atoms with Gasteiger partial charge in [-0.15, -0.1) is 0 Å². The normalized spacial score (nSPS) is 15.2. The van der Waals surface area contributed by atoms with Crippen LogP contribution in [0.25, 0.3) is 0 Å². The number of anilines is 1. The lowest BCUT2D eigenvalue weighted by Crippen LogP contribution is -2.24. The van der Waals surface area contributed by atoms with Crippen LogP contribution in [0.5, 0.6) is 0 Å². The molecule has 1 aliphatic rings. The topological polar surface area (TPSA) is 15.3 Å². The molecule has 0 unspecified atom stereocenters. The molecule has 82 valence electrons. The molecule has 0 radical (unpaired) electrons. The van der Waals surface area contributed by atoms with Crippen LogP contribution in [0.2, 0.25) is 0 Å². The first-order chi connectivity index (χ1) is 7.31. The maximum absolute atomic E-state index is 3.37. The molecule has 0 saturated heterocycles. The summed E-state index contributed by atoms with van der Waals surface area (Å²) in [6.45, 7) is 5.37. The lowest BCUT2D eigenvalue weighted by Gasteiger charge is -2.27. The van der Waals surface area contributed by atoms with Crippen molar-refractivity contribution >= 4 is 5.69 Å². The fourth-order valence-electron chi connectivity index (χ4n) is 2.22. The Hall–Kier alpha value is -1.02. The number of nitrogens with one attached hydrogen (secondary N) is 1. The maximum atomic E-state index is 3.37. The van der Waals surface area contributed by atoms with Gasteiger partial charge in [-0.05, 0) is 36.6 Å². The number of aryl methyl sites for hydroxylation is 1. The van der Waals surface area contributed by atoms with E-state index in [1.165, 1.54) is 36.2 Å². The lowest BCUT2D eigenvalue weighted by atomic mass is 9.99. The maximum Gasteiger partial charge on any atom is 0.0396 e. The summed E-state index contributed by atoms with van der Waals surface area (Å²) in [5.41, 5.74) is 4.34. The number of fused-ring (bicyclic) bond motifs is 1. The second-order valence-corrected chi connectivity index (χ2v) is 4.27. The average Bonchev–Trinajstić information content (AvgIpc) is 2.26. The molecule has 2 heteroatoms. The Morgan fingerprint density at radius 1 is 1.40 bits per heavy atom. The highest BCUT2D eigenvalue weighted by atomic mass is 15.1. The van der Waals surface area contributed by atoms with Crippen LogP contribution in [0.3, 0.4) is 0 Å². The second-order valence-electron chi connectivity index (χ2n) is 4.27. The van der Waals surface area contributed by atoms with Gasteiger partial charge in [0.1, 0.15) is 0 Å². The Balaban J connectivity index is 2.18. The van der Waals surface area contributed by atoms with Crippen molar-refractivity contribution in [3.05, 3.63) is 29.3 Å². The quantitative estimate of drug-likeness (QED) is 0.812. The minimum atomic E-state index is 0.994. The number of benzene rings is 1. The molecule has 0 aliphatic carbocycles. The van der Waals surface area contributed by atoms with Crippen molar-refractivity contribution in [1.29, 1.82) is 0 Å². The molecule has 2 rings (SSSR count). The van der Waals surface area contributed by atoms with Gasteiger partial charge >= 0.3 is 0 Å². The van der Waals surface area contributed by atoms with E-state index in [2.05, 4.69) is 42.4 Å². The van der Waals surface area contributed by atoms with Crippen LogP contribution in [0, 0.1) is 0 Å². The average molecular weight is 204 g/mol. The molecular weight excluding hydrogens is 184 g/mol. The van der Waals surface area contributed by atoms with Gasteiger partial charge in [-0.1, -0.05) is 19.1 Å². The molecular formula is C13H20N2. The van der Waals surface area contributed by atoms with Crippen LogP contribution >= 0.6 is 0 Å². The number of hydrogen-bond acceptors (Lipinski definition) is 2. The minimum absolute atomic E-state index is 0.994. The molecule has 2 nitrogen and oxygen atoms in total. The number of hydrogen-bond donors (Lipinski definition) is 1. The van der Waals surface area contributed by atoms with Crippen LogP contribution in [-0.4, -0.2) is 20.1 Å². The van der Waals surface area contributed by atoms with Gasteiger partial charge in [-0.25, -0.2) is 0 Å². The highest BCUT2D eigenvalue weighted by Gasteiger charge is 2.13. The van der Waals surface area contributed by atoms with Crippen LogP contribution < -0.4 is 10.2 Å². The monoisotopic (exact) mass is 204 g/mol. The molecule has 0 amide bonds. The van der Waals surface area contributed by atoms with Gasteiger partial charge in [0, 0.05) is 25.8 Å². The fraction of sp³-hybridized carbons (Fsp3) is 0.538. The fourth-order valence-corrected chi connectivity index (χ4v) is 2.22. The van der Waals surface area contributed by atoms with Gasteiger partial charge in [0.15, 0.2) is 0 Å². The van der Waals surface area contributed by atoms with Crippen LogP contribution in [0.15, 0.2) is 18.2 Å². The standard InChI is InChI=1S/C13H20N2/c1-3-14-10-11-6-7-13-12(9-11)5-4-8-15(13)2/h6-7,9,14H,3-5,8,10H2,1-2H3. The van der Waals surface area contributed by atoms with Crippen molar-refractivity contribution in [2.75, 3.05) is 25.0 Å². The lowest BCUT2D eigenvalue weighted by molar-refractivity contribution is 0.716. The Bertz CT molecular complexity index is 333. The van der Waals surface area contributed by atoms with E-state index in [9.17, 15) is 0 Å². The molecule has 15 heavy (non-hydrogen) atoms. The molecule has 1 aromatic rings. The zero-order valence-corrected chi connectivity index (χ0v) is 9.71. The smallest absolute Gasteiger partial charge is 0.0396 e. The Labute approximate surface area is 92.3 Å². The highest BCUT2D eigenvalue weighted by Crippen LogP contribution is 2.26. The van der Waals surface area contributed by atoms with E-state index >= 15 is 0 Å². The number of rotatable bonds is 3. The third-order valence-electron chi connectivity index (χ3n) is 3.07. The molecule has 1 aromatic carbocycles. The van der Waals surface area contributed by atoms with E-state index in [-0.39, 0.29) is 0 Å². The minimum Gasteiger partial charge on any atom is -0.374 e. The Morgan fingerprint density at radius 2 is 2.27 bits per heavy atom. The predicted molar refractivity (Wildman–Crippen MR) is 65.4 cm³/mol. The van der Waals surface area contributed by atoms with E-state index in [0.29, 0.717) is 0 Å². The molecule has 1 heterocycles. The van der Waals surface area contributed by atoms with Crippen molar-refractivity contribution in [3.8, 4) is 0 Å². The first-order valence-electron chi connectivity index (χ1n) is 5.85. The van der Waals surface area contributed by atoms with Crippen LogP contribution in [0.4, 0.5) is 5.69 Å². The number of nitrogens with zero attached hydrogens (tertiary/aromatic N) is 1. The van der Waals surface area contributed by atoms with Gasteiger partial charge in [0.2, 0.25) is 0 Å². The van der Waals surface area contributed by atoms with Crippen LogP contribution in [-0.2, 0) is 13.0 Å². The molecule has 0 spiro atoms. The predicted octanol–water partition coefficient (Wildman–Crippen LogP) is 2.18. The van der Waals surface area contributed by atoms with Gasteiger partial charge in [0.05, 0.1) is 0 Å².